The second kappa shape index (κ2) is 8.20. The molecule has 0 bridgehead atoms. The molecule has 0 amide bonds. The molecule has 1 heteroatoms. The van der Waals surface area contributed by atoms with Crippen molar-refractivity contribution >= 4 is 5.69 Å². The van der Waals surface area contributed by atoms with E-state index in [-0.39, 0.29) is 0 Å². The van der Waals surface area contributed by atoms with E-state index >= 15 is 0 Å². The molecule has 1 aromatic carbocycles. The van der Waals surface area contributed by atoms with E-state index in [2.05, 4.69) is 43.4 Å². The van der Waals surface area contributed by atoms with Crippen LogP contribution < -0.4 is 5.32 Å². The molecule has 16 heavy (non-hydrogen) atoms. The van der Waals surface area contributed by atoms with Gasteiger partial charge in [-0.2, -0.15) is 0 Å². The van der Waals surface area contributed by atoms with Gasteiger partial charge in [0.2, 0.25) is 0 Å². The maximum atomic E-state index is 3.54. The first kappa shape index (κ1) is 13.1. The molecule has 0 unspecified atom stereocenters. The third-order valence-electron chi connectivity index (χ3n) is 2.99. The van der Waals surface area contributed by atoms with Crippen LogP contribution in [0.25, 0.3) is 0 Å². The molecule has 0 aliphatic carbocycles. The molecule has 0 radical (unpaired) electrons. The van der Waals surface area contributed by atoms with E-state index in [0.29, 0.717) is 0 Å². The van der Waals surface area contributed by atoms with E-state index < -0.39 is 0 Å². The van der Waals surface area contributed by atoms with Crippen LogP contribution in [0.4, 0.5) is 5.69 Å². The lowest BCUT2D eigenvalue weighted by atomic mass is 10.1. The summed E-state index contributed by atoms with van der Waals surface area (Å²) >= 11 is 0. The largest absolute Gasteiger partial charge is 0.385 e. The Morgan fingerprint density at radius 3 is 2.44 bits per heavy atom. The van der Waals surface area contributed by atoms with Crippen LogP contribution in [0.3, 0.4) is 0 Å². The molecule has 0 fully saturated rings. The van der Waals surface area contributed by atoms with Crippen LogP contribution in [-0.2, 0) is 6.42 Å². The molecule has 0 aliphatic heterocycles. The lowest BCUT2D eigenvalue weighted by molar-refractivity contribution is 0.645. The van der Waals surface area contributed by atoms with Gasteiger partial charge in [-0.15, -0.1) is 0 Å². The second-order valence-electron chi connectivity index (χ2n) is 4.35. The number of para-hydroxylation sites is 1. The number of hydrogen-bond acceptors (Lipinski definition) is 1. The van der Waals surface area contributed by atoms with E-state index in [4.69, 9.17) is 0 Å². The van der Waals surface area contributed by atoms with Gasteiger partial charge in [-0.25, -0.2) is 0 Å². The Morgan fingerprint density at radius 1 is 0.938 bits per heavy atom. The summed E-state index contributed by atoms with van der Waals surface area (Å²) in [4.78, 5) is 0. The molecular formula is C15H25N. The van der Waals surface area contributed by atoms with E-state index in [1.807, 2.05) is 0 Å². The number of hydrogen-bond donors (Lipinski definition) is 1. The molecule has 90 valence electrons. The summed E-state index contributed by atoms with van der Waals surface area (Å²) in [5.41, 5.74) is 2.75. The van der Waals surface area contributed by atoms with Gasteiger partial charge in [-0.1, -0.05) is 57.7 Å². The SMILES string of the molecule is CCCCCCCNc1ccccc1CC. The predicted octanol–water partition coefficient (Wildman–Crippen LogP) is 4.63. The number of unbranched alkanes of at least 4 members (excludes halogenated alkanes) is 4. The predicted molar refractivity (Wildman–Crippen MR) is 73.1 cm³/mol. The number of rotatable bonds is 8. The van der Waals surface area contributed by atoms with E-state index in [1.165, 1.54) is 43.4 Å². The van der Waals surface area contributed by atoms with Crippen molar-refractivity contribution in [3.05, 3.63) is 29.8 Å². The molecule has 0 atom stereocenters. The Kier molecular flexibility index (Phi) is 6.71. The van der Waals surface area contributed by atoms with Crippen molar-refractivity contribution in [2.24, 2.45) is 0 Å². The van der Waals surface area contributed by atoms with E-state index in [9.17, 15) is 0 Å². The van der Waals surface area contributed by atoms with E-state index in [1.54, 1.807) is 0 Å². The summed E-state index contributed by atoms with van der Waals surface area (Å²) in [6, 6.07) is 8.62. The third kappa shape index (κ3) is 4.69. The van der Waals surface area contributed by atoms with Gasteiger partial charge in [0.1, 0.15) is 0 Å². The summed E-state index contributed by atoms with van der Waals surface area (Å²) in [5, 5.41) is 3.54. The van der Waals surface area contributed by atoms with Gasteiger partial charge in [0.05, 0.1) is 0 Å². The fourth-order valence-corrected chi connectivity index (χ4v) is 1.95. The molecule has 0 saturated heterocycles. The molecule has 0 saturated carbocycles. The molecule has 0 heterocycles. The molecule has 0 aromatic heterocycles. The highest BCUT2D eigenvalue weighted by molar-refractivity contribution is 5.50. The normalized spacial score (nSPS) is 10.4. The minimum absolute atomic E-state index is 1.11. The Balaban J connectivity index is 2.21. The van der Waals surface area contributed by atoms with Crippen molar-refractivity contribution in [3.63, 3.8) is 0 Å². The van der Waals surface area contributed by atoms with Crippen LogP contribution in [0.1, 0.15) is 51.5 Å². The zero-order valence-electron chi connectivity index (χ0n) is 10.8. The first-order valence-corrected chi connectivity index (χ1v) is 6.70. The van der Waals surface area contributed by atoms with Crippen molar-refractivity contribution in [2.45, 2.75) is 52.4 Å². The van der Waals surface area contributed by atoms with Gasteiger partial charge in [0, 0.05) is 12.2 Å². The minimum atomic E-state index is 1.11. The molecule has 1 N–H and O–H groups in total. The van der Waals surface area contributed by atoms with Crippen molar-refractivity contribution in [2.75, 3.05) is 11.9 Å². The molecule has 1 nitrogen and oxygen atoms in total. The first-order valence-electron chi connectivity index (χ1n) is 6.70. The minimum Gasteiger partial charge on any atom is -0.385 e. The van der Waals surface area contributed by atoms with Crippen molar-refractivity contribution < 1.29 is 0 Å². The molecule has 1 aromatic rings. The maximum absolute atomic E-state index is 3.54. The quantitative estimate of drug-likeness (QED) is 0.628. The third-order valence-corrected chi connectivity index (χ3v) is 2.99. The fraction of sp³-hybridized carbons (Fsp3) is 0.600. The molecule has 1 rings (SSSR count). The number of benzene rings is 1. The van der Waals surface area contributed by atoms with Crippen LogP contribution >= 0.6 is 0 Å². The highest BCUT2D eigenvalue weighted by atomic mass is 14.9. The van der Waals surface area contributed by atoms with Gasteiger partial charge >= 0.3 is 0 Å². The summed E-state index contributed by atoms with van der Waals surface area (Å²) in [7, 11) is 0. The van der Waals surface area contributed by atoms with Crippen molar-refractivity contribution in [3.8, 4) is 0 Å². The Morgan fingerprint density at radius 2 is 1.69 bits per heavy atom. The van der Waals surface area contributed by atoms with Crippen LogP contribution in [0.2, 0.25) is 0 Å². The lowest BCUT2D eigenvalue weighted by Crippen LogP contribution is -2.03. The molecule has 0 aliphatic rings. The van der Waals surface area contributed by atoms with Crippen molar-refractivity contribution in [1.82, 2.24) is 0 Å². The standard InChI is InChI=1S/C15H25N/c1-3-5-6-7-10-13-16-15-12-9-8-11-14(15)4-2/h8-9,11-12,16H,3-7,10,13H2,1-2H3. The highest BCUT2D eigenvalue weighted by Crippen LogP contribution is 2.15. The fourth-order valence-electron chi connectivity index (χ4n) is 1.95. The van der Waals surface area contributed by atoms with Crippen LogP contribution in [0.15, 0.2) is 24.3 Å². The molecular weight excluding hydrogens is 194 g/mol. The zero-order chi connectivity index (χ0) is 11.6. The average Bonchev–Trinajstić information content (AvgIpc) is 2.34. The highest BCUT2D eigenvalue weighted by Gasteiger charge is 1.97. The van der Waals surface area contributed by atoms with Gasteiger partial charge in [-0.05, 0) is 24.5 Å². The number of aryl methyl sites for hydroxylation is 1. The average molecular weight is 219 g/mol. The van der Waals surface area contributed by atoms with Gasteiger partial charge < -0.3 is 5.32 Å². The summed E-state index contributed by atoms with van der Waals surface area (Å²) in [6.07, 6.45) is 7.84. The Labute approximate surface area is 100 Å². The summed E-state index contributed by atoms with van der Waals surface area (Å²) < 4.78 is 0. The first-order chi connectivity index (χ1) is 7.88. The monoisotopic (exact) mass is 219 g/mol. The van der Waals surface area contributed by atoms with Gasteiger partial charge in [0.15, 0.2) is 0 Å². The zero-order valence-corrected chi connectivity index (χ0v) is 10.8. The van der Waals surface area contributed by atoms with Gasteiger partial charge in [-0.3, -0.25) is 0 Å². The lowest BCUT2D eigenvalue weighted by Gasteiger charge is -2.10. The summed E-state index contributed by atoms with van der Waals surface area (Å²) in [6.45, 7) is 5.58. The van der Waals surface area contributed by atoms with E-state index in [0.717, 1.165) is 13.0 Å². The number of anilines is 1. The Hall–Kier alpha value is -0.980. The summed E-state index contributed by atoms with van der Waals surface area (Å²) in [5.74, 6) is 0. The topological polar surface area (TPSA) is 12.0 Å². The second-order valence-corrected chi connectivity index (χ2v) is 4.35. The Bertz CT molecular complexity index is 281. The molecule has 0 spiro atoms. The van der Waals surface area contributed by atoms with Gasteiger partial charge in [0.25, 0.3) is 0 Å². The maximum Gasteiger partial charge on any atom is 0.0372 e. The van der Waals surface area contributed by atoms with Crippen LogP contribution in [0.5, 0.6) is 0 Å². The number of nitrogens with one attached hydrogen (secondary N) is 1. The van der Waals surface area contributed by atoms with Crippen LogP contribution in [-0.4, -0.2) is 6.54 Å². The smallest absolute Gasteiger partial charge is 0.0372 e. The van der Waals surface area contributed by atoms with Crippen molar-refractivity contribution in [1.29, 1.82) is 0 Å². The van der Waals surface area contributed by atoms with Crippen LogP contribution in [0, 0.1) is 0 Å².